The van der Waals surface area contributed by atoms with Gasteiger partial charge in [-0.15, -0.1) is 5.10 Å². The molecule has 6 rings (SSSR count). The van der Waals surface area contributed by atoms with Crippen LogP contribution >= 0.6 is 0 Å². The van der Waals surface area contributed by atoms with E-state index in [0.29, 0.717) is 44.1 Å². The summed E-state index contributed by atoms with van der Waals surface area (Å²) < 4.78 is 28.6. The van der Waals surface area contributed by atoms with Gasteiger partial charge in [0.2, 0.25) is 0 Å². The van der Waals surface area contributed by atoms with Crippen molar-refractivity contribution in [2.45, 2.75) is 19.5 Å². The number of pyridine rings is 1. The monoisotopic (exact) mass is 527 g/mol. The van der Waals surface area contributed by atoms with Gasteiger partial charge in [0.15, 0.2) is 5.82 Å². The lowest BCUT2D eigenvalue weighted by molar-refractivity contribution is 0.200. The number of H-pyrrole nitrogens is 1. The fourth-order valence-electron chi connectivity index (χ4n) is 5.22. The van der Waals surface area contributed by atoms with Gasteiger partial charge >= 0.3 is 0 Å². The second-order valence-electron chi connectivity index (χ2n) is 9.87. The normalized spacial score (nSPS) is 15.1. The van der Waals surface area contributed by atoms with Crippen LogP contribution in [0.25, 0.3) is 10.9 Å². The number of aryl methyl sites for hydroxylation is 1. The van der Waals surface area contributed by atoms with E-state index in [9.17, 15) is 13.6 Å². The third kappa shape index (κ3) is 5.15. The number of rotatable bonds is 6. The smallest absolute Gasteiger partial charge is 0.253 e. The first kappa shape index (κ1) is 24.9. The number of anilines is 1. The van der Waals surface area contributed by atoms with Crippen molar-refractivity contribution in [3.63, 3.8) is 0 Å². The van der Waals surface area contributed by atoms with Crippen molar-refractivity contribution in [3.8, 4) is 0 Å². The minimum atomic E-state index is -0.510. The van der Waals surface area contributed by atoms with E-state index in [1.54, 1.807) is 28.9 Å². The van der Waals surface area contributed by atoms with Crippen LogP contribution in [0, 0.1) is 18.6 Å². The molecule has 5 aromatic rings. The van der Waals surface area contributed by atoms with Crippen molar-refractivity contribution in [2.75, 3.05) is 31.1 Å². The zero-order valence-corrected chi connectivity index (χ0v) is 21.4. The summed E-state index contributed by atoms with van der Waals surface area (Å²) >= 11 is 0. The Labute approximate surface area is 223 Å². The molecular weight excluding hydrogens is 500 g/mol. The molecule has 0 unspecified atom stereocenters. The first-order chi connectivity index (χ1) is 18.9. The fourth-order valence-corrected chi connectivity index (χ4v) is 5.22. The number of nitrogens with zero attached hydrogens (tertiary/aromatic N) is 6. The Morgan fingerprint density at radius 1 is 0.897 bits per heavy atom. The van der Waals surface area contributed by atoms with E-state index in [0.717, 1.165) is 27.7 Å². The number of hydrogen-bond acceptors (Lipinski definition) is 6. The van der Waals surface area contributed by atoms with Gasteiger partial charge in [-0.2, -0.15) is 0 Å². The third-order valence-corrected chi connectivity index (χ3v) is 7.24. The lowest BCUT2D eigenvalue weighted by Crippen LogP contribution is -2.49. The average molecular weight is 528 g/mol. The average Bonchev–Trinajstić information content (AvgIpc) is 3.39. The summed E-state index contributed by atoms with van der Waals surface area (Å²) in [7, 11) is 0. The summed E-state index contributed by atoms with van der Waals surface area (Å²) in [5, 5.41) is 13.5. The molecule has 0 radical (unpaired) electrons. The Kier molecular flexibility index (Phi) is 6.62. The topological polar surface area (TPSA) is 82.9 Å². The number of aromatic amines is 1. The van der Waals surface area contributed by atoms with E-state index in [1.165, 1.54) is 24.3 Å². The van der Waals surface area contributed by atoms with Gasteiger partial charge in [0.1, 0.15) is 17.7 Å². The minimum absolute atomic E-state index is 0.200. The van der Waals surface area contributed by atoms with Crippen LogP contribution in [0.5, 0.6) is 0 Å². The van der Waals surface area contributed by atoms with Crippen molar-refractivity contribution in [2.24, 2.45) is 0 Å². The summed E-state index contributed by atoms with van der Waals surface area (Å²) in [6.07, 6.45) is 0. The molecule has 1 saturated heterocycles. The summed E-state index contributed by atoms with van der Waals surface area (Å²) in [5.41, 5.74) is 4.00. The third-order valence-electron chi connectivity index (χ3n) is 7.24. The largest absolute Gasteiger partial charge is 0.369 e. The van der Waals surface area contributed by atoms with E-state index in [1.807, 2.05) is 31.2 Å². The van der Waals surface area contributed by atoms with Crippen molar-refractivity contribution >= 4 is 16.6 Å². The van der Waals surface area contributed by atoms with Crippen LogP contribution < -0.4 is 10.5 Å². The summed E-state index contributed by atoms with van der Waals surface area (Å²) in [6.45, 7) is 4.99. The molecule has 1 atom stereocenters. The maximum absolute atomic E-state index is 13.5. The Bertz CT molecular complexity index is 1660. The van der Waals surface area contributed by atoms with Gasteiger partial charge in [-0.3, -0.25) is 9.69 Å². The quantitative estimate of drug-likeness (QED) is 0.359. The molecule has 1 aliphatic rings. The molecule has 198 valence electrons. The Hall–Kier alpha value is -4.44. The molecule has 0 bridgehead atoms. The van der Waals surface area contributed by atoms with Gasteiger partial charge in [-0.05, 0) is 82.9 Å². The maximum atomic E-state index is 13.5. The molecule has 2 aromatic heterocycles. The summed E-state index contributed by atoms with van der Waals surface area (Å²) in [6, 6.07) is 20.0. The van der Waals surface area contributed by atoms with Crippen LogP contribution in [0.1, 0.15) is 28.6 Å². The molecule has 3 aromatic carbocycles. The zero-order chi connectivity index (χ0) is 26.9. The number of halogens is 2. The maximum Gasteiger partial charge on any atom is 0.253 e. The SMILES string of the molecule is Cc1ccc2[nH]c(=O)c([C@H](c3nnnn3Cc3ccc(F)cc3)N3CCN(c4ccc(F)cc4)CC3)cc2c1. The highest BCUT2D eigenvalue weighted by Gasteiger charge is 2.33. The van der Waals surface area contributed by atoms with Gasteiger partial charge in [-0.1, -0.05) is 23.8 Å². The molecule has 10 heteroatoms. The van der Waals surface area contributed by atoms with Crippen molar-refractivity contribution < 1.29 is 8.78 Å². The van der Waals surface area contributed by atoms with E-state index in [4.69, 9.17) is 0 Å². The second-order valence-corrected chi connectivity index (χ2v) is 9.87. The van der Waals surface area contributed by atoms with E-state index >= 15 is 0 Å². The molecule has 0 amide bonds. The lowest BCUT2D eigenvalue weighted by atomic mass is 10.0. The van der Waals surface area contributed by atoms with Crippen LogP contribution in [-0.2, 0) is 6.54 Å². The fraction of sp³-hybridized carbons (Fsp3) is 0.241. The molecule has 1 aliphatic heterocycles. The van der Waals surface area contributed by atoms with Crippen LogP contribution in [-0.4, -0.2) is 56.3 Å². The van der Waals surface area contributed by atoms with Gasteiger partial charge in [-0.25, -0.2) is 13.5 Å². The number of nitrogens with one attached hydrogen (secondary N) is 1. The molecule has 1 fully saturated rings. The number of benzene rings is 3. The van der Waals surface area contributed by atoms with E-state index in [-0.39, 0.29) is 17.2 Å². The molecule has 1 N–H and O–H groups in total. The van der Waals surface area contributed by atoms with Crippen molar-refractivity contribution in [3.05, 3.63) is 117 Å². The van der Waals surface area contributed by atoms with Crippen LogP contribution in [0.15, 0.2) is 77.6 Å². The second kappa shape index (κ2) is 10.4. The Balaban J connectivity index is 1.38. The Morgan fingerprint density at radius 3 is 2.31 bits per heavy atom. The van der Waals surface area contributed by atoms with Gasteiger partial charge in [0.25, 0.3) is 5.56 Å². The number of tetrazole rings is 1. The number of aromatic nitrogens is 5. The minimum Gasteiger partial charge on any atom is -0.369 e. The molecule has 3 heterocycles. The molecule has 8 nitrogen and oxygen atoms in total. The predicted octanol–water partition coefficient (Wildman–Crippen LogP) is 4.06. The van der Waals surface area contributed by atoms with Crippen molar-refractivity contribution in [1.29, 1.82) is 0 Å². The molecule has 0 aliphatic carbocycles. The molecule has 0 spiro atoms. The highest BCUT2D eigenvalue weighted by molar-refractivity contribution is 5.79. The first-order valence-corrected chi connectivity index (χ1v) is 12.8. The van der Waals surface area contributed by atoms with Crippen LogP contribution in [0.3, 0.4) is 0 Å². The summed E-state index contributed by atoms with van der Waals surface area (Å²) in [4.78, 5) is 20.9. The highest BCUT2D eigenvalue weighted by atomic mass is 19.1. The lowest BCUT2D eigenvalue weighted by Gasteiger charge is -2.39. The molecular formula is C29H27F2N7O. The molecule has 0 saturated carbocycles. The number of piperazine rings is 1. The van der Waals surface area contributed by atoms with Gasteiger partial charge in [0, 0.05) is 42.9 Å². The predicted molar refractivity (Wildman–Crippen MR) is 145 cm³/mol. The highest BCUT2D eigenvalue weighted by Crippen LogP contribution is 2.29. The standard InChI is InChI=1S/C29H27F2N7O/c1-19-2-11-26-21(16-19)17-25(29(39)32-26)27(28-33-34-35-38(28)18-20-3-5-22(30)6-4-20)37-14-12-36(13-15-37)24-9-7-23(31)8-10-24/h2-11,16-17,27H,12-15,18H2,1H3,(H,32,39)/t27-/m1/s1. The first-order valence-electron chi connectivity index (χ1n) is 12.8. The number of fused-ring (bicyclic) bond motifs is 1. The van der Waals surface area contributed by atoms with Crippen LogP contribution in [0.2, 0.25) is 0 Å². The Morgan fingerprint density at radius 2 is 1.59 bits per heavy atom. The zero-order valence-electron chi connectivity index (χ0n) is 21.4. The number of hydrogen-bond donors (Lipinski definition) is 1. The molecule has 39 heavy (non-hydrogen) atoms. The van der Waals surface area contributed by atoms with Gasteiger partial charge in [0.05, 0.1) is 6.54 Å². The van der Waals surface area contributed by atoms with E-state index < -0.39 is 6.04 Å². The van der Waals surface area contributed by atoms with Gasteiger partial charge < -0.3 is 9.88 Å². The van der Waals surface area contributed by atoms with Crippen LogP contribution in [0.4, 0.5) is 14.5 Å². The summed E-state index contributed by atoms with van der Waals surface area (Å²) in [5.74, 6) is -0.0474. The van der Waals surface area contributed by atoms with Crippen molar-refractivity contribution in [1.82, 2.24) is 30.1 Å². The van der Waals surface area contributed by atoms with E-state index in [2.05, 4.69) is 30.3 Å².